The number of rotatable bonds is 5. The van der Waals surface area contributed by atoms with E-state index in [2.05, 4.69) is 67.0 Å². The highest BCUT2D eigenvalue weighted by molar-refractivity contribution is 6.34. The number of ether oxygens (including phenoxy) is 1. The molecule has 0 saturated heterocycles. The molecule has 0 bridgehead atoms. The van der Waals surface area contributed by atoms with Gasteiger partial charge in [0.15, 0.2) is 0 Å². The monoisotopic (exact) mass is 464 g/mol. The number of aromatic amines is 2. The predicted octanol–water partition coefficient (Wildman–Crippen LogP) is 6.52. The van der Waals surface area contributed by atoms with Gasteiger partial charge in [0.2, 0.25) is 5.82 Å². The molecule has 7 nitrogen and oxygen atoms in total. The normalized spacial score (nSPS) is 11.1. The molecule has 6 rings (SSSR count). The Morgan fingerprint density at radius 3 is 2.29 bits per heavy atom. The molecule has 2 aromatic heterocycles. The van der Waals surface area contributed by atoms with E-state index in [1.807, 2.05) is 54.6 Å². The quantitative estimate of drug-likeness (QED) is 0.303. The zero-order valence-electron chi connectivity index (χ0n) is 17.7. The maximum Gasteiger partial charge on any atom is 0.300 e. The molecule has 2 N–H and O–H groups in total. The average Bonchev–Trinajstić information content (AvgIpc) is 3.54. The van der Waals surface area contributed by atoms with Gasteiger partial charge < -0.3 is 9.72 Å². The van der Waals surface area contributed by atoms with Crippen LogP contribution in [0.1, 0.15) is 0 Å². The van der Waals surface area contributed by atoms with Crippen molar-refractivity contribution >= 4 is 22.6 Å². The molecule has 0 aliphatic rings. The summed E-state index contributed by atoms with van der Waals surface area (Å²) in [6.45, 7) is 0. The summed E-state index contributed by atoms with van der Waals surface area (Å²) < 4.78 is 5.96. The van der Waals surface area contributed by atoms with Gasteiger partial charge in [0, 0.05) is 11.1 Å². The first-order valence-corrected chi connectivity index (χ1v) is 11.0. The fourth-order valence-corrected chi connectivity index (χ4v) is 4.12. The van der Waals surface area contributed by atoms with E-state index in [1.165, 1.54) is 5.56 Å². The van der Waals surface area contributed by atoms with Crippen LogP contribution in [0.25, 0.3) is 44.7 Å². The molecular weight excluding hydrogens is 448 g/mol. The zero-order chi connectivity index (χ0) is 22.9. The van der Waals surface area contributed by atoms with Crippen molar-refractivity contribution in [3.05, 3.63) is 96.0 Å². The van der Waals surface area contributed by atoms with Crippen LogP contribution in [-0.2, 0) is 0 Å². The third-order valence-electron chi connectivity index (χ3n) is 5.50. The molecular formula is C26H17ClN6O. The zero-order valence-corrected chi connectivity index (χ0v) is 18.5. The van der Waals surface area contributed by atoms with Crippen LogP contribution < -0.4 is 4.74 Å². The highest BCUT2D eigenvalue weighted by atomic mass is 35.5. The van der Waals surface area contributed by atoms with Gasteiger partial charge in [-0.15, -0.1) is 10.2 Å². The molecule has 6 aromatic rings. The largest absolute Gasteiger partial charge is 0.426 e. The number of nitrogens with zero attached hydrogens (tertiary/aromatic N) is 4. The fraction of sp³-hybridized carbons (Fsp3) is 0. The van der Waals surface area contributed by atoms with Gasteiger partial charge >= 0.3 is 0 Å². The van der Waals surface area contributed by atoms with E-state index in [0.717, 1.165) is 33.3 Å². The van der Waals surface area contributed by atoms with Crippen LogP contribution in [-0.4, -0.2) is 30.6 Å². The maximum absolute atomic E-state index is 6.63. The summed E-state index contributed by atoms with van der Waals surface area (Å²) in [5, 5.41) is 14.7. The molecule has 0 radical (unpaired) electrons. The van der Waals surface area contributed by atoms with E-state index in [0.29, 0.717) is 22.6 Å². The number of H-pyrrole nitrogens is 2. The molecule has 0 aliphatic heterocycles. The van der Waals surface area contributed by atoms with Gasteiger partial charge in [-0.25, -0.2) is 0 Å². The van der Waals surface area contributed by atoms with Gasteiger partial charge in [-0.2, -0.15) is 10.2 Å². The molecule has 0 aliphatic carbocycles. The van der Waals surface area contributed by atoms with Crippen molar-refractivity contribution in [2.75, 3.05) is 0 Å². The van der Waals surface area contributed by atoms with Crippen molar-refractivity contribution in [2.45, 2.75) is 0 Å². The SMILES string of the molecule is Clc1cc2[nH]c(Oc3cccc(-c4nn[nH]n4)c3)nc2cc1-c1ccc(-c2ccccc2)cc1. The van der Waals surface area contributed by atoms with Crippen molar-refractivity contribution in [1.82, 2.24) is 30.6 Å². The maximum atomic E-state index is 6.63. The van der Waals surface area contributed by atoms with Crippen LogP contribution in [0.15, 0.2) is 91.0 Å². The molecule has 0 saturated carbocycles. The number of imidazole rings is 1. The minimum absolute atomic E-state index is 0.368. The molecule has 0 fully saturated rings. The Bertz CT molecular complexity index is 1580. The summed E-state index contributed by atoms with van der Waals surface area (Å²) in [6, 6.07) is 30.2. The van der Waals surface area contributed by atoms with Crippen LogP contribution in [0.2, 0.25) is 5.02 Å². The second kappa shape index (κ2) is 8.46. The van der Waals surface area contributed by atoms with Crippen LogP contribution >= 0.6 is 11.6 Å². The number of benzene rings is 4. The van der Waals surface area contributed by atoms with Crippen molar-refractivity contribution < 1.29 is 4.74 Å². The smallest absolute Gasteiger partial charge is 0.300 e. The van der Waals surface area contributed by atoms with E-state index >= 15 is 0 Å². The summed E-state index contributed by atoms with van der Waals surface area (Å²) in [6.07, 6.45) is 0. The third kappa shape index (κ3) is 3.89. The number of fused-ring (bicyclic) bond motifs is 1. The summed E-state index contributed by atoms with van der Waals surface area (Å²) in [7, 11) is 0. The Morgan fingerprint density at radius 1 is 0.735 bits per heavy atom. The number of halogens is 1. The fourth-order valence-electron chi connectivity index (χ4n) is 3.84. The van der Waals surface area contributed by atoms with Gasteiger partial charge in [0.25, 0.3) is 6.01 Å². The lowest BCUT2D eigenvalue weighted by Crippen LogP contribution is -1.87. The van der Waals surface area contributed by atoms with Crippen molar-refractivity contribution in [2.24, 2.45) is 0 Å². The number of hydrogen-bond donors (Lipinski definition) is 2. The minimum atomic E-state index is 0.368. The van der Waals surface area contributed by atoms with Crippen LogP contribution in [0.4, 0.5) is 0 Å². The first kappa shape index (κ1) is 20.1. The van der Waals surface area contributed by atoms with E-state index in [4.69, 9.17) is 16.3 Å². The molecule has 8 heteroatoms. The summed E-state index contributed by atoms with van der Waals surface area (Å²) in [5.74, 6) is 1.09. The van der Waals surface area contributed by atoms with E-state index in [1.54, 1.807) is 0 Å². The number of aromatic nitrogens is 6. The summed E-state index contributed by atoms with van der Waals surface area (Å²) in [5.41, 5.74) is 6.59. The third-order valence-corrected chi connectivity index (χ3v) is 5.82. The molecule has 4 aromatic carbocycles. The van der Waals surface area contributed by atoms with Gasteiger partial charge in [0.1, 0.15) is 5.75 Å². The molecule has 0 spiro atoms. The molecule has 0 atom stereocenters. The Labute approximate surface area is 199 Å². The van der Waals surface area contributed by atoms with Crippen LogP contribution in [0.3, 0.4) is 0 Å². The number of hydrogen-bond acceptors (Lipinski definition) is 5. The average molecular weight is 465 g/mol. The molecule has 0 amide bonds. The van der Waals surface area contributed by atoms with Crippen molar-refractivity contribution in [3.8, 4) is 45.4 Å². The predicted molar refractivity (Wildman–Crippen MR) is 132 cm³/mol. The molecule has 0 unspecified atom stereocenters. The Morgan fingerprint density at radius 2 is 1.50 bits per heavy atom. The number of nitrogens with one attached hydrogen (secondary N) is 2. The van der Waals surface area contributed by atoms with E-state index in [9.17, 15) is 0 Å². The number of tetrazole rings is 1. The Kier molecular flexibility index (Phi) is 5.01. The topological polar surface area (TPSA) is 92.4 Å². The van der Waals surface area contributed by atoms with Gasteiger partial charge in [-0.05, 0) is 46.2 Å². The molecule has 34 heavy (non-hydrogen) atoms. The first-order chi connectivity index (χ1) is 16.7. The highest BCUT2D eigenvalue weighted by Crippen LogP contribution is 2.34. The van der Waals surface area contributed by atoms with E-state index < -0.39 is 0 Å². The molecule has 2 heterocycles. The van der Waals surface area contributed by atoms with E-state index in [-0.39, 0.29) is 0 Å². The highest BCUT2D eigenvalue weighted by Gasteiger charge is 2.12. The lowest BCUT2D eigenvalue weighted by molar-refractivity contribution is 0.449. The minimum Gasteiger partial charge on any atom is -0.426 e. The summed E-state index contributed by atoms with van der Waals surface area (Å²) in [4.78, 5) is 7.79. The second-order valence-electron chi connectivity index (χ2n) is 7.70. The van der Waals surface area contributed by atoms with Crippen LogP contribution in [0, 0.1) is 0 Å². The molecule has 164 valence electrons. The Balaban J connectivity index is 1.29. The first-order valence-electron chi connectivity index (χ1n) is 10.6. The van der Waals surface area contributed by atoms with Crippen molar-refractivity contribution in [1.29, 1.82) is 0 Å². The Hall–Kier alpha value is -4.49. The summed E-state index contributed by atoms with van der Waals surface area (Å²) >= 11 is 6.63. The van der Waals surface area contributed by atoms with Gasteiger partial charge in [-0.3, -0.25) is 0 Å². The second-order valence-corrected chi connectivity index (χ2v) is 8.11. The lowest BCUT2D eigenvalue weighted by atomic mass is 10.00. The van der Waals surface area contributed by atoms with Gasteiger partial charge in [-0.1, -0.05) is 78.3 Å². The van der Waals surface area contributed by atoms with Crippen LogP contribution in [0.5, 0.6) is 11.8 Å². The van der Waals surface area contributed by atoms with Gasteiger partial charge in [0.05, 0.1) is 16.1 Å². The van der Waals surface area contributed by atoms with Crippen molar-refractivity contribution in [3.63, 3.8) is 0 Å². The standard InChI is InChI=1S/C26H17ClN6O/c27-22-15-24-23(14-21(22)18-11-9-17(10-12-18)16-5-2-1-3-6-16)28-26(29-24)34-20-8-4-7-19(13-20)25-30-32-33-31-25/h1-15H,(H,28,29)(H,30,31,32,33). The lowest BCUT2D eigenvalue weighted by Gasteiger charge is -2.07.